The second-order valence-electron chi connectivity index (χ2n) is 3.58. The predicted molar refractivity (Wildman–Crippen MR) is 63.0 cm³/mol. The molecule has 1 aliphatic heterocycles. The summed E-state index contributed by atoms with van der Waals surface area (Å²) in [5, 5.41) is 0.426. The van der Waals surface area contributed by atoms with Crippen molar-refractivity contribution in [2.75, 3.05) is 0 Å². The van der Waals surface area contributed by atoms with Crippen molar-refractivity contribution in [1.82, 2.24) is 9.97 Å². The number of fused-ring (bicyclic) bond motifs is 3. The Morgan fingerprint density at radius 2 is 1.76 bits per heavy atom. The van der Waals surface area contributed by atoms with Crippen LogP contribution in [-0.2, 0) is 18.0 Å². The molecule has 3 rings (SSSR count). The summed E-state index contributed by atoms with van der Waals surface area (Å²) in [7, 11) is 0. The summed E-state index contributed by atoms with van der Waals surface area (Å²) in [6.07, 6.45) is 0. The van der Waals surface area contributed by atoms with Gasteiger partial charge in [-0.15, -0.1) is 0 Å². The molecule has 0 fully saturated rings. The maximum absolute atomic E-state index is 14.0. The molecule has 0 amide bonds. The van der Waals surface area contributed by atoms with Crippen molar-refractivity contribution >= 4 is 45.7 Å². The lowest BCUT2D eigenvalue weighted by Crippen LogP contribution is -1.97. The van der Waals surface area contributed by atoms with E-state index < -0.39 is 5.82 Å². The van der Waals surface area contributed by atoms with E-state index in [1.807, 2.05) is 0 Å². The van der Waals surface area contributed by atoms with Gasteiger partial charge in [0.25, 0.3) is 0 Å². The van der Waals surface area contributed by atoms with E-state index in [9.17, 15) is 4.39 Å². The minimum Gasteiger partial charge on any atom is -0.372 e. The molecule has 0 bridgehead atoms. The van der Waals surface area contributed by atoms with Crippen molar-refractivity contribution in [2.45, 2.75) is 13.2 Å². The number of ether oxygens (including phenoxy) is 1. The summed E-state index contributed by atoms with van der Waals surface area (Å²) in [5.41, 5.74) is 1.36. The van der Waals surface area contributed by atoms with E-state index in [0.717, 1.165) is 5.56 Å². The molecule has 7 heteroatoms. The summed E-state index contributed by atoms with van der Waals surface area (Å²) in [5.74, 6) is -0.642. The highest BCUT2D eigenvalue weighted by Crippen LogP contribution is 2.39. The first-order valence-corrected chi connectivity index (χ1v) is 5.82. The van der Waals surface area contributed by atoms with Gasteiger partial charge in [0.05, 0.1) is 18.2 Å². The maximum atomic E-state index is 14.0. The number of halogens is 4. The monoisotopic (exact) mass is 292 g/mol. The fraction of sp³-hybridized carbons (Fsp3) is 0.200. The zero-order valence-corrected chi connectivity index (χ0v) is 10.5. The molecule has 17 heavy (non-hydrogen) atoms. The molecule has 2 heterocycles. The van der Waals surface area contributed by atoms with Gasteiger partial charge in [-0.1, -0.05) is 23.2 Å². The third-order valence-corrected chi connectivity index (χ3v) is 3.50. The van der Waals surface area contributed by atoms with Crippen LogP contribution in [0.15, 0.2) is 0 Å². The van der Waals surface area contributed by atoms with Gasteiger partial charge < -0.3 is 4.74 Å². The van der Waals surface area contributed by atoms with E-state index in [1.54, 1.807) is 0 Å². The summed E-state index contributed by atoms with van der Waals surface area (Å²) in [6.45, 7) is 0.580. The number of nitrogens with zero attached hydrogens (tertiary/aromatic N) is 2. The Hall–Kier alpha value is -0.680. The smallest absolute Gasteiger partial charge is 0.224 e. The molecule has 0 atom stereocenters. The molecule has 0 unspecified atom stereocenters. The van der Waals surface area contributed by atoms with E-state index in [2.05, 4.69) is 9.97 Å². The third kappa shape index (κ3) is 1.59. The largest absolute Gasteiger partial charge is 0.372 e. The van der Waals surface area contributed by atoms with Crippen LogP contribution >= 0.6 is 34.8 Å². The van der Waals surface area contributed by atoms with E-state index in [-0.39, 0.29) is 27.6 Å². The lowest BCUT2D eigenvalue weighted by atomic mass is 10.0. The summed E-state index contributed by atoms with van der Waals surface area (Å²) >= 11 is 17.5. The number of hydrogen-bond donors (Lipinski definition) is 0. The van der Waals surface area contributed by atoms with Crippen molar-refractivity contribution in [3.63, 3.8) is 0 Å². The molecule has 0 aliphatic carbocycles. The molecule has 0 saturated carbocycles. The predicted octanol–water partition coefficient (Wildman–Crippen LogP) is 3.76. The zero-order valence-electron chi connectivity index (χ0n) is 8.23. The maximum Gasteiger partial charge on any atom is 0.224 e. The minimum atomic E-state index is -0.642. The molecule has 0 saturated heterocycles. The van der Waals surface area contributed by atoms with Crippen LogP contribution in [0, 0.1) is 5.82 Å². The van der Waals surface area contributed by atoms with E-state index in [1.165, 1.54) is 0 Å². The van der Waals surface area contributed by atoms with Crippen molar-refractivity contribution in [1.29, 1.82) is 0 Å². The van der Waals surface area contributed by atoms with Gasteiger partial charge in [0.1, 0.15) is 10.7 Å². The third-order valence-electron chi connectivity index (χ3n) is 2.66. The average Bonchev–Trinajstić information content (AvgIpc) is 2.73. The Balaban J connectivity index is 2.55. The summed E-state index contributed by atoms with van der Waals surface area (Å²) in [4.78, 5) is 7.63. The van der Waals surface area contributed by atoms with Crippen LogP contribution < -0.4 is 0 Å². The molecule has 3 nitrogen and oxygen atoms in total. The molecule has 88 valence electrons. The number of aromatic nitrogens is 2. The molecular formula is C10H4Cl3FN2O. The lowest BCUT2D eigenvalue weighted by molar-refractivity contribution is 0.135. The normalized spacial score (nSPS) is 14.4. The Morgan fingerprint density at radius 1 is 1.06 bits per heavy atom. The van der Waals surface area contributed by atoms with Crippen LogP contribution in [0.1, 0.15) is 11.1 Å². The highest BCUT2D eigenvalue weighted by atomic mass is 35.5. The van der Waals surface area contributed by atoms with Crippen LogP contribution in [0.25, 0.3) is 10.9 Å². The molecule has 0 spiro atoms. The molecule has 0 radical (unpaired) electrons. The van der Waals surface area contributed by atoms with Gasteiger partial charge >= 0.3 is 0 Å². The number of benzene rings is 1. The highest BCUT2D eigenvalue weighted by molar-refractivity contribution is 6.37. The summed E-state index contributed by atoms with van der Waals surface area (Å²) < 4.78 is 19.3. The fourth-order valence-electron chi connectivity index (χ4n) is 1.92. The average molecular weight is 294 g/mol. The Kier molecular flexibility index (Phi) is 2.63. The SMILES string of the molecule is Fc1c(Cl)c2c(c3c(Cl)nc(Cl)nc13)COC2. The van der Waals surface area contributed by atoms with Crippen LogP contribution in [-0.4, -0.2) is 9.97 Å². The molecular weight excluding hydrogens is 289 g/mol. The summed E-state index contributed by atoms with van der Waals surface area (Å²) in [6, 6.07) is 0. The Bertz CT molecular complexity index is 647. The first-order chi connectivity index (χ1) is 8.09. The standard InChI is InChI=1S/C10H4Cl3FN2O/c11-6-4-2-17-1-3(4)5-8(7(6)14)15-10(13)16-9(5)12/h1-2H2. The van der Waals surface area contributed by atoms with Crippen LogP contribution in [0.2, 0.25) is 15.5 Å². The molecule has 1 aromatic carbocycles. The zero-order chi connectivity index (χ0) is 12.2. The van der Waals surface area contributed by atoms with Gasteiger partial charge in [-0.25, -0.2) is 14.4 Å². The van der Waals surface area contributed by atoms with Crippen LogP contribution in [0.3, 0.4) is 0 Å². The van der Waals surface area contributed by atoms with Gasteiger partial charge in [-0.05, 0) is 17.2 Å². The van der Waals surface area contributed by atoms with Gasteiger partial charge in [0.15, 0.2) is 5.82 Å². The van der Waals surface area contributed by atoms with Crippen molar-refractivity contribution in [3.05, 3.63) is 32.4 Å². The first-order valence-electron chi connectivity index (χ1n) is 4.68. The minimum absolute atomic E-state index is 0.0100. The van der Waals surface area contributed by atoms with Crippen LogP contribution in [0.5, 0.6) is 0 Å². The second-order valence-corrected chi connectivity index (χ2v) is 4.66. The van der Waals surface area contributed by atoms with E-state index in [0.29, 0.717) is 17.6 Å². The number of rotatable bonds is 0. The molecule has 1 aliphatic rings. The van der Waals surface area contributed by atoms with Crippen molar-refractivity contribution in [3.8, 4) is 0 Å². The lowest BCUT2D eigenvalue weighted by Gasteiger charge is -2.08. The van der Waals surface area contributed by atoms with Crippen LogP contribution in [0.4, 0.5) is 4.39 Å². The molecule has 0 N–H and O–H groups in total. The second kappa shape index (κ2) is 3.92. The quantitative estimate of drug-likeness (QED) is 0.548. The number of hydrogen-bond acceptors (Lipinski definition) is 3. The first kappa shape index (κ1) is 11.4. The fourth-order valence-corrected chi connectivity index (χ4v) is 2.67. The molecule has 1 aromatic heterocycles. The van der Waals surface area contributed by atoms with Crippen molar-refractivity contribution in [2.24, 2.45) is 0 Å². The topological polar surface area (TPSA) is 35.0 Å². The highest BCUT2D eigenvalue weighted by Gasteiger charge is 2.25. The van der Waals surface area contributed by atoms with E-state index >= 15 is 0 Å². The Morgan fingerprint density at radius 3 is 2.53 bits per heavy atom. The van der Waals surface area contributed by atoms with Gasteiger partial charge in [-0.2, -0.15) is 0 Å². The van der Waals surface area contributed by atoms with Gasteiger partial charge in [-0.3, -0.25) is 0 Å². The molecule has 2 aromatic rings. The van der Waals surface area contributed by atoms with Crippen molar-refractivity contribution < 1.29 is 9.13 Å². The Labute approximate surface area is 110 Å². The van der Waals surface area contributed by atoms with Gasteiger partial charge in [0.2, 0.25) is 5.28 Å². The van der Waals surface area contributed by atoms with Gasteiger partial charge in [0, 0.05) is 10.9 Å². The van der Waals surface area contributed by atoms with E-state index in [4.69, 9.17) is 39.5 Å².